The van der Waals surface area contributed by atoms with Crippen LogP contribution in [0.2, 0.25) is 5.02 Å². The molecule has 0 radical (unpaired) electrons. The van der Waals surface area contributed by atoms with Crippen molar-refractivity contribution < 1.29 is 18.0 Å². The molecule has 2 aromatic rings. The Morgan fingerprint density at radius 1 is 1.07 bits per heavy atom. The summed E-state index contributed by atoms with van der Waals surface area (Å²) >= 11 is 6.00. The van der Waals surface area contributed by atoms with Crippen LogP contribution < -0.4 is 14.9 Å². The molecule has 0 saturated carbocycles. The van der Waals surface area contributed by atoms with Gasteiger partial charge in [0.2, 0.25) is 21.8 Å². The van der Waals surface area contributed by atoms with E-state index >= 15 is 0 Å². The number of benzene rings is 2. The molecule has 1 atom stereocenters. The zero-order valence-electron chi connectivity index (χ0n) is 15.8. The Morgan fingerprint density at radius 3 is 2.21 bits per heavy atom. The van der Waals surface area contributed by atoms with E-state index in [1.165, 1.54) is 13.0 Å². The van der Waals surface area contributed by atoms with E-state index in [0.29, 0.717) is 22.1 Å². The molecule has 0 fully saturated rings. The Morgan fingerprint density at radius 2 is 1.68 bits per heavy atom. The van der Waals surface area contributed by atoms with Gasteiger partial charge in [-0.1, -0.05) is 30.7 Å². The van der Waals surface area contributed by atoms with Crippen molar-refractivity contribution in [1.29, 1.82) is 0 Å². The lowest BCUT2D eigenvalue weighted by atomic mass is 10.1. The summed E-state index contributed by atoms with van der Waals surface area (Å²) in [6.45, 7) is 3.11. The normalized spacial score (nSPS) is 12.1. The smallest absolute Gasteiger partial charge is 0.248 e. The van der Waals surface area contributed by atoms with Gasteiger partial charge in [0.25, 0.3) is 0 Å². The van der Waals surface area contributed by atoms with Crippen LogP contribution in [0.25, 0.3) is 0 Å². The Kier molecular flexibility index (Phi) is 7.04. The predicted octanol–water partition coefficient (Wildman–Crippen LogP) is 3.48. The fraction of sp³-hybridized carbons (Fsp3) is 0.263. The first-order valence-electron chi connectivity index (χ1n) is 8.55. The van der Waals surface area contributed by atoms with Crippen molar-refractivity contribution in [3.05, 3.63) is 53.6 Å². The first-order chi connectivity index (χ1) is 13.1. The molecule has 0 aliphatic heterocycles. The van der Waals surface area contributed by atoms with E-state index < -0.39 is 22.0 Å². The molecule has 7 nitrogen and oxygen atoms in total. The molecule has 9 heteroatoms. The minimum absolute atomic E-state index is 0.237. The summed E-state index contributed by atoms with van der Waals surface area (Å²) < 4.78 is 25.9. The summed E-state index contributed by atoms with van der Waals surface area (Å²) in [5.41, 5.74) is 1.27. The topological polar surface area (TPSA) is 95.6 Å². The van der Waals surface area contributed by atoms with Gasteiger partial charge in [-0.15, -0.1) is 0 Å². The molecule has 0 bridgehead atoms. The van der Waals surface area contributed by atoms with Crippen LogP contribution in [0.5, 0.6) is 0 Å². The molecule has 0 aliphatic carbocycles. The molecule has 2 aromatic carbocycles. The molecule has 2 amide bonds. The van der Waals surface area contributed by atoms with Crippen LogP contribution in [0.15, 0.2) is 48.5 Å². The minimum Gasteiger partial charge on any atom is -0.326 e. The summed E-state index contributed by atoms with van der Waals surface area (Å²) in [7, 11) is -3.75. The maximum atomic E-state index is 12.9. The number of carbonyl (C=O) groups excluding carboxylic acids is 2. The van der Waals surface area contributed by atoms with Gasteiger partial charge in [0.1, 0.15) is 6.04 Å². The quantitative estimate of drug-likeness (QED) is 0.712. The van der Waals surface area contributed by atoms with E-state index in [1.807, 2.05) is 0 Å². The monoisotopic (exact) mass is 423 g/mol. The average molecular weight is 424 g/mol. The van der Waals surface area contributed by atoms with E-state index in [0.717, 1.165) is 10.6 Å². The second kappa shape index (κ2) is 9.07. The van der Waals surface area contributed by atoms with Crippen molar-refractivity contribution in [2.75, 3.05) is 21.2 Å². The lowest BCUT2D eigenvalue weighted by molar-refractivity contribution is -0.117. The number of nitrogens with zero attached hydrogens (tertiary/aromatic N) is 1. The van der Waals surface area contributed by atoms with Crippen molar-refractivity contribution in [3.63, 3.8) is 0 Å². The third kappa shape index (κ3) is 5.71. The molecule has 2 rings (SSSR count). The highest BCUT2D eigenvalue weighted by atomic mass is 35.5. The molecular weight excluding hydrogens is 402 g/mol. The SMILES string of the molecule is CC[C@@H](C(=O)Nc1cccc(NC(C)=O)c1)N(c1cccc(Cl)c1)S(C)(=O)=O. The van der Waals surface area contributed by atoms with Crippen molar-refractivity contribution in [2.45, 2.75) is 26.3 Å². The van der Waals surface area contributed by atoms with Gasteiger partial charge in [-0.05, 0) is 42.8 Å². The van der Waals surface area contributed by atoms with Crippen molar-refractivity contribution in [3.8, 4) is 0 Å². The molecule has 2 N–H and O–H groups in total. The summed E-state index contributed by atoms with van der Waals surface area (Å²) in [5.74, 6) is -0.730. The highest BCUT2D eigenvalue weighted by molar-refractivity contribution is 7.92. The van der Waals surface area contributed by atoms with Gasteiger partial charge < -0.3 is 10.6 Å². The number of hydrogen-bond donors (Lipinski definition) is 2. The Bertz CT molecular complexity index is 979. The van der Waals surface area contributed by atoms with Gasteiger partial charge in [-0.25, -0.2) is 8.42 Å². The molecule has 0 spiro atoms. The fourth-order valence-electron chi connectivity index (χ4n) is 2.78. The van der Waals surface area contributed by atoms with Gasteiger partial charge in [0.05, 0.1) is 11.9 Å². The number of halogens is 1. The standard InChI is InChI=1S/C19H22ClN3O4S/c1-4-18(23(28(3,26)27)17-10-5-7-14(20)11-17)19(25)22-16-9-6-8-15(12-16)21-13(2)24/h5-12,18H,4H2,1-3H3,(H,21,24)(H,22,25)/t18-/m0/s1. The largest absolute Gasteiger partial charge is 0.326 e. The molecule has 0 saturated heterocycles. The number of anilines is 3. The van der Waals surface area contributed by atoms with E-state index in [-0.39, 0.29) is 12.3 Å². The van der Waals surface area contributed by atoms with E-state index in [2.05, 4.69) is 10.6 Å². The summed E-state index contributed by atoms with van der Waals surface area (Å²) in [6, 6.07) is 12.0. The zero-order valence-corrected chi connectivity index (χ0v) is 17.3. The van der Waals surface area contributed by atoms with Gasteiger partial charge in [-0.3, -0.25) is 13.9 Å². The van der Waals surface area contributed by atoms with Crippen LogP contribution in [-0.2, 0) is 19.6 Å². The Balaban J connectivity index is 2.33. The first kappa shape index (κ1) is 21.7. The molecule has 0 aliphatic rings. The second-order valence-electron chi connectivity index (χ2n) is 6.21. The van der Waals surface area contributed by atoms with Crippen LogP contribution in [0.4, 0.5) is 17.1 Å². The number of carbonyl (C=O) groups is 2. The average Bonchev–Trinajstić information content (AvgIpc) is 2.58. The molecule has 0 unspecified atom stereocenters. The second-order valence-corrected chi connectivity index (χ2v) is 8.51. The predicted molar refractivity (Wildman–Crippen MR) is 112 cm³/mol. The maximum absolute atomic E-state index is 12.9. The number of nitrogens with one attached hydrogen (secondary N) is 2. The summed E-state index contributed by atoms with van der Waals surface area (Å²) in [4.78, 5) is 24.1. The van der Waals surface area contributed by atoms with Crippen LogP contribution in [0.1, 0.15) is 20.3 Å². The van der Waals surface area contributed by atoms with Crippen molar-refractivity contribution >= 4 is 50.5 Å². The fourth-order valence-corrected chi connectivity index (χ4v) is 4.17. The van der Waals surface area contributed by atoms with E-state index in [1.54, 1.807) is 49.4 Å². The van der Waals surface area contributed by atoms with Crippen LogP contribution in [0, 0.1) is 0 Å². The van der Waals surface area contributed by atoms with E-state index in [9.17, 15) is 18.0 Å². The molecular formula is C19H22ClN3O4S. The number of hydrogen-bond acceptors (Lipinski definition) is 4. The number of amides is 2. The third-order valence-electron chi connectivity index (χ3n) is 3.84. The Labute approximate surface area is 169 Å². The van der Waals surface area contributed by atoms with Gasteiger partial charge >= 0.3 is 0 Å². The van der Waals surface area contributed by atoms with Crippen molar-refractivity contribution in [2.24, 2.45) is 0 Å². The lowest BCUT2D eigenvalue weighted by Crippen LogP contribution is -2.47. The zero-order chi connectivity index (χ0) is 20.9. The Hall–Kier alpha value is -2.58. The highest BCUT2D eigenvalue weighted by Gasteiger charge is 2.31. The number of sulfonamides is 1. The van der Waals surface area contributed by atoms with Crippen LogP contribution >= 0.6 is 11.6 Å². The highest BCUT2D eigenvalue weighted by Crippen LogP contribution is 2.26. The lowest BCUT2D eigenvalue weighted by Gasteiger charge is -2.30. The van der Waals surface area contributed by atoms with Crippen molar-refractivity contribution in [1.82, 2.24) is 0 Å². The summed E-state index contributed by atoms with van der Waals surface area (Å²) in [5, 5.41) is 5.71. The maximum Gasteiger partial charge on any atom is 0.248 e. The molecule has 150 valence electrons. The first-order valence-corrected chi connectivity index (χ1v) is 10.8. The minimum atomic E-state index is -3.75. The van der Waals surface area contributed by atoms with Gasteiger partial charge in [0.15, 0.2) is 0 Å². The van der Waals surface area contributed by atoms with E-state index in [4.69, 9.17) is 11.6 Å². The third-order valence-corrected chi connectivity index (χ3v) is 5.26. The molecule has 0 heterocycles. The van der Waals surface area contributed by atoms with Gasteiger partial charge in [-0.2, -0.15) is 0 Å². The van der Waals surface area contributed by atoms with Crippen LogP contribution in [0.3, 0.4) is 0 Å². The summed E-state index contributed by atoms with van der Waals surface area (Å²) in [6.07, 6.45) is 1.29. The number of rotatable bonds is 7. The van der Waals surface area contributed by atoms with Crippen LogP contribution in [-0.4, -0.2) is 32.5 Å². The molecule has 0 aromatic heterocycles. The molecule has 28 heavy (non-hydrogen) atoms. The van der Waals surface area contributed by atoms with Gasteiger partial charge in [0, 0.05) is 23.3 Å².